The van der Waals surface area contributed by atoms with Crippen molar-refractivity contribution < 1.29 is 9.53 Å². The molecule has 0 spiro atoms. The van der Waals surface area contributed by atoms with Crippen LogP contribution in [-0.2, 0) is 15.1 Å². The normalized spacial score (nSPS) is 22.9. The molecule has 1 aliphatic rings. The van der Waals surface area contributed by atoms with Gasteiger partial charge in [0.1, 0.15) is 5.54 Å². The Hall–Kier alpha value is -2.13. The van der Waals surface area contributed by atoms with Crippen molar-refractivity contribution in [1.29, 1.82) is 0 Å². The molecule has 1 heterocycles. The second-order valence-corrected chi connectivity index (χ2v) is 6.26. The number of esters is 1. The predicted molar refractivity (Wildman–Crippen MR) is 91.0 cm³/mol. The maximum Gasteiger partial charge on any atom is 0.331 e. The summed E-state index contributed by atoms with van der Waals surface area (Å²) in [6.07, 6.45) is 0. The van der Waals surface area contributed by atoms with Gasteiger partial charge in [0, 0.05) is 0 Å². The van der Waals surface area contributed by atoms with E-state index in [1.165, 1.54) is 0 Å². The van der Waals surface area contributed by atoms with Crippen molar-refractivity contribution in [3.8, 4) is 0 Å². The van der Waals surface area contributed by atoms with E-state index in [1.807, 2.05) is 43.3 Å². The van der Waals surface area contributed by atoms with Crippen LogP contribution >= 0.6 is 0 Å². The zero-order valence-electron chi connectivity index (χ0n) is 13.9. The molecule has 2 aromatic rings. The molecule has 2 aromatic carbocycles. The molecule has 3 heteroatoms. The van der Waals surface area contributed by atoms with E-state index in [-0.39, 0.29) is 17.9 Å². The van der Waals surface area contributed by atoms with Gasteiger partial charge in [-0.05, 0) is 29.5 Å². The van der Waals surface area contributed by atoms with Gasteiger partial charge >= 0.3 is 5.97 Å². The highest BCUT2D eigenvalue weighted by Crippen LogP contribution is 2.45. The molecule has 0 radical (unpaired) electrons. The number of nitrogens with one attached hydrogen (secondary N) is 1. The molecule has 1 N–H and O–H groups in total. The van der Waals surface area contributed by atoms with Crippen LogP contribution < -0.4 is 5.32 Å². The van der Waals surface area contributed by atoms with E-state index in [4.69, 9.17) is 4.74 Å². The number of fused-ring (bicyclic) bond motifs is 1. The monoisotopic (exact) mass is 309 g/mol. The first kappa shape index (κ1) is 15.8. The highest BCUT2D eigenvalue weighted by Gasteiger charge is 2.52. The fraction of sp³-hybridized carbons (Fsp3) is 0.350. The molecule has 2 atom stereocenters. The van der Waals surface area contributed by atoms with Crippen molar-refractivity contribution >= 4 is 5.97 Å². The van der Waals surface area contributed by atoms with Gasteiger partial charge in [0.05, 0.1) is 12.6 Å². The first-order valence-electron chi connectivity index (χ1n) is 8.20. The number of rotatable bonds is 4. The molecule has 3 rings (SSSR count). The molecule has 0 bridgehead atoms. The molecule has 3 nitrogen and oxygen atoms in total. The van der Waals surface area contributed by atoms with E-state index >= 15 is 0 Å². The van der Waals surface area contributed by atoms with Gasteiger partial charge in [-0.25, -0.2) is 4.79 Å². The van der Waals surface area contributed by atoms with Crippen molar-refractivity contribution in [2.75, 3.05) is 6.61 Å². The third kappa shape index (κ3) is 2.45. The van der Waals surface area contributed by atoms with E-state index in [0.29, 0.717) is 6.61 Å². The summed E-state index contributed by atoms with van der Waals surface area (Å²) in [5.41, 5.74) is 2.54. The minimum Gasteiger partial charge on any atom is -0.464 e. The van der Waals surface area contributed by atoms with Crippen molar-refractivity contribution in [2.24, 2.45) is 5.92 Å². The molecule has 0 aromatic heterocycles. The van der Waals surface area contributed by atoms with Gasteiger partial charge in [0.2, 0.25) is 0 Å². The van der Waals surface area contributed by atoms with Crippen LogP contribution in [0.2, 0.25) is 0 Å². The van der Waals surface area contributed by atoms with Crippen LogP contribution in [0.3, 0.4) is 0 Å². The summed E-state index contributed by atoms with van der Waals surface area (Å²) in [5, 5.41) is 3.60. The van der Waals surface area contributed by atoms with Crippen LogP contribution in [0.25, 0.3) is 0 Å². The van der Waals surface area contributed by atoms with Gasteiger partial charge in [-0.15, -0.1) is 0 Å². The fourth-order valence-electron chi connectivity index (χ4n) is 3.53. The molecule has 0 unspecified atom stereocenters. The maximum atomic E-state index is 12.9. The van der Waals surface area contributed by atoms with E-state index in [1.54, 1.807) is 0 Å². The average Bonchev–Trinajstić information content (AvgIpc) is 2.92. The van der Waals surface area contributed by atoms with Gasteiger partial charge in [-0.1, -0.05) is 68.4 Å². The Bertz CT molecular complexity index is 696. The lowest BCUT2D eigenvalue weighted by Gasteiger charge is -2.33. The van der Waals surface area contributed by atoms with Gasteiger partial charge in [0.15, 0.2) is 0 Å². The van der Waals surface area contributed by atoms with Gasteiger partial charge in [-0.3, -0.25) is 5.32 Å². The second kappa shape index (κ2) is 6.17. The number of carbonyl (C=O) groups excluding carboxylic acids is 1. The zero-order chi connectivity index (χ0) is 16.4. The lowest BCUT2D eigenvalue weighted by Crippen LogP contribution is -2.51. The molecule has 23 heavy (non-hydrogen) atoms. The van der Waals surface area contributed by atoms with Gasteiger partial charge in [0.25, 0.3) is 0 Å². The summed E-state index contributed by atoms with van der Waals surface area (Å²) in [6, 6.07) is 18.4. The largest absolute Gasteiger partial charge is 0.464 e. The van der Waals surface area contributed by atoms with Crippen molar-refractivity contribution in [2.45, 2.75) is 32.4 Å². The lowest BCUT2D eigenvalue weighted by molar-refractivity contribution is -0.153. The van der Waals surface area contributed by atoms with Gasteiger partial charge < -0.3 is 4.74 Å². The lowest BCUT2D eigenvalue weighted by atomic mass is 9.80. The fourth-order valence-corrected chi connectivity index (χ4v) is 3.53. The topological polar surface area (TPSA) is 38.3 Å². The van der Waals surface area contributed by atoms with Crippen LogP contribution in [-0.4, -0.2) is 12.6 Å². The average molecular weight is 309 g/mol. The first-order valence-corrected chi connectivity index (χ1v) is 8.20. The first-order chi connectivity index (χ1) is 11.1. The van der Waals surface area contributed by atoms with E-state index in [0.717, 1.165) is 16.7 Å². The minimum atomic E-state index is -0.799. The quantitative estimate of drug-likeness (QED) is 0.873. The van der Waals surface area contributed by atoms with Crippen LogP contribution in [0.15, 0.2) is 54.6 Å². The van der Waals surface area contributed by atoms with Crippen molar-refractivity contribution in [1.82, 2.24) is 5.32 Å². The second-order valence-electron chi connectivity index (χ2n) is 6.26. The number of benzene rings is 2. The van der Waals surface area contributed by atoms with Crippen LogP contribution in [0.5, 0.6) is 0 Å². The van der Waals surface area contributed by atoms with Gasteiger partial charge in [-0.2, -0.15) is 0 Å². The van der Waals surface area contributed by atoms with E-state index in [9.17, 15) is 4.79 Å². The van der Waals surface area contributed by atoms with E-state index in [2.05, 4.69) is 37.4 Å². The highest BCUT2D eigenvalue weighted by molar-refractivity contribution is 5.85. The highest BCUT2D eigenvalue weighted by atomic mass is 16.5. The molecule has 120 valence electrons. The number of hydrogen-bond donors (Lipinski definition) is 1. The third-order valence-corrected chi connectivity index (χ3v) is 4.66. The van der Waals surface area contributed by atoms with Crippen LogP contribution in [0.1, 0.15) is 43.5 Å². The maximum absolute atomic E-state index is 12.9. The third-order valence-electron chi connectivity index (χ3n) is 4.66. The Morgan fingerprint density at radius 3 is 2.43 bits per heavy atom. The summed E-state index contributed by atoms with van der Waals surface area (Å²) < 4.78 is 5.43. The summed E-state index contributed by atoms with van der Waals surface area (Å²) in [5.74, 6) is -0.114. The SMILES string of the molecule is CCOC(=O)[C@]1(C(C)C)N[C@H](c2ccccc2)c2ccccc21. The molecule has 0 amide bonds. The number of carbonyl (C=O) groups is 1. The van der Waals surface area contributed by atoms with Crippen LogP contribution in [0, 0.1) is 5.92 Å². The van der Waals surface area contributed by atoms with Crippen molar-refractivity contribution in [3.63, 3.8) is 0 Å². The Morgan fingerprint density at radius 2 is 1.78 bits per heavy atom. The smallest absolute Gasteiger partial charge is 0.331 e. The Labute approximate surface area is 137 Å². The zero-order valence-corrected chi connectivity index (χ0v) is 13.9. The number of hydrogen-bond acceptors (Lipinski definition) is 3. The molecular weight excluding hydrogens is 286 g/mol. The molecular formula is C20H23NO2. The summed E-state index contributed by atoms with van der Waals surface area (Å²) in [6.45, 7) is 6.36. The summed E-state index contributed by atoms with van der Waals surface area (Å²) in [4.78, 5) is 12.9. The molecule has 0 fully saturated rings. The predicted octanol–water partition coefficient (Wildman–Crippen LogP) is 3.79. The summed E-state index contributed by atoms with van der Waals surface area (Å²) in [7, 11) is 0. The molecule has 0 saturated heterocycles. The van der Waals surface area contributed by atoms with Crippen molar-refractivity contribution in [3.05, 3.63) is 71.3 Å². The molecule has 0 saturated carbocycles. The Kier molecular flexibility index (Phi) is 4.22. The molecule has 0 aliphatic carbocycles. The minimum absolute atomic E-state index is 0.000735. The number of ether oxygens (including phenoxy) is 1. The Morgan fingerprint density at radius 1 is 1.13 bits per heavy atom. The molecule has 1 aliphatic heterocycles. The summed E-state index contributed by atoms with van der Waals surface area (Å²) >= 11 is 0. The van der Waals surface area contributed by atoms with Crippen LogP contribution in [0.4, 0.5) is 0 Å². The standard InChI is InChI=1S/C20H23NO2/c1-4-23-19(22)20(14(2)3)17-13-9-8-12-16(17)18(21-20)15-10-6-5-7-11-15/h5-14,18,21H,4H2,1-3H3/t18-,20-/m1/s1. The Balaban J connectivity index is 2.15. The van der Waals surface area contributed by atoms with E-state index < -0.39 is 5.54 Å².